The van der Waals surface area contributed by atoms with Crippen molar-refractivity contribution in [2.45, 2.75) is 0 Å². The van der Waals surface area contributed by atoms with Gasteiger partial charge in [-0.25, -0.2) is 0 Å². The van der Waals surface area contributed by atoms with Gasteiger partial charge in [0, 0.05) is 107 Å². The topological polar surface area (TPSA) is 112 Å². The lowest BCUT2D eigenvalue weighted by molar-refractivity contribution is 0.111. The molecule has 0 amide bonds. The highest BCUT2D eigenvalue weighted by molar-refractivity contribution is 5.76. The summed E-state index contributed by atoms with van der Waals surface area (Å²) < 4.78 is 0. The first-order valence-electron chi connectivity index (χ1n) is 16.2. The average molecular weight is 634 g/mol. The maximum atomic E-state index is 11.1. The van der Waals surface area contributed by atoms with E-state index in [0.29, 0.717) is 29.0 Å². The van der Waals surface area contributed by atoms with Crippen LogP contribution in [-0.4, -0.2) is 111 Å². The van der Waals surface area contributed by atoms with E-state index in [9.17, 15) is 14.7 Å². The molecular formula is C35H39N9O3. The van der Waals surface area contributed by atoms with Crippen LogP contribution in [0.4, 0.5) is 34.9 Å². The van der Waals surface area contributed by atoms with E-state index in [2.05, 4.69) is 29.4 Å². The van der Waals surface area contributed by atoms with Gasteiger partial charge < -0.3 is 34.5 Å². The number of phenolic OH excluding ortho intramolecular Hbond substituents is 1. The van der Waals surface area contributed by atoms with Crippen molar-refractivity contribution < 1.29 is 14.7 Å². The van der Waals surface area contributed by atoms with Crippen molar-refractivity contribution in [2.75, 3.05) is 108 Å². The Hall–Kier alpha value is -5.39. The second-order valence-corrected chi connectivity index (χ2v) is 12.1. The fourth-order valence-electron chi connectivity index (χ4n) is 6.45. The number of carbonyl (C=O) groups excluding carboxylic acids is 2. The molecule has 3 aliphatic rings. The van der Waals surface area contributed by atoms with Gasteiger partial charge >= 0.3 is 0 Å². The van der Waals surface area contributed by atoms with E-state index in [4.69, 9.17) is 15.0 Å². The molecule has 47 heavy (non-hydrogen) atoms. The zero-order chi connectivity index (χ0) is 32.2. The van der Waals surface area contributed by atoms with Crippen molar-refractivity contribution in [3.05, 3.63) is 83.9 Å². The SMILES string of the molecule is O=Cc1ccc(N2CCN(c3nc(N4CCN(c5ccc(O)cc5)CC4)nc(N4CCN(c5ccc(C=O)cc5)CC4)n3)CC2)cc1. The van der Waals surface area contributed by atoms with E-state index in [1.54, 1.807) is 12.1 Å². The van der Waals surface area contributed by atoms with E-state index in [1.165, 1.54) is 0 Å². The lowest BCUT2D eigenvalue weighted by Crippen LogP contribution is -2.50. The van der Waals surface area contributed by atoms with Gasteiger partial charge in [-0.3, -0.25) is 9.59 Å². The third-order valence-electron chi connectivity index (χ3n) is 9.29. The molecule has 4 aromatic rings. The number of aromatic hydroxyl groups is 1. The largest absolute Gasteiger partial charge is 0.508 e. The normalized spacial score (nSPS) is 17.2. The molecule has 4 heterocycles. The summed E-state index contributed by atoms with van der Waals surface area (Å²) in [7, 11) is 0. The van der Waals surface area contributed by atoms with E-state index in [0.717, 1.165) is 108 Å². The minimum atomic E-state index is 0.269. The minimum absolute atomic E-state index is 0.269. The molecule has 0 saturated carbocycles. The number of hydrogen-bond acceptors (Lipinski definition) is 12. The van der Waals surface area contributed by atoms with Gasteiger partial charge in [-0.2, -0.15) is 15.0 Å². The van der Waals surface area contributed by atoms with Crippen molar-refractivity contribution >= 4 is 47.5 Å². The summed E-state index contributed by atoms with van der Waals surface area (Å²) in [6, 6.07) is 22.8. The van der Waals surface area contributed by atoms with Crippen LogP contribution in [-0.2, 0) is 0 Å². The number of benzene rings is 3. The first-order chi connectivity index (χ1) is 23.1. The van der Waals surface area contributed by atoms with Gasteiger partial charge in [-0.15, -0.1) is 0 Å². The summed E-state index contributed by atoms with van der Waals surface area (Å²) in [6.07, 6.45) is 1.74. The zero-order valence-corrected chi connectivity index (χ0v) is 26.4. The number of carbonyl (C=O) groups is 2. The fraction of sp³-hybridized carbons (Fsp3) is 0.343. The lowest BCUT2D eigenvalue weighted by atomic mass is 10.2. The quantitative estimate of drug-likeness (QED) is 0.288. The molecule has 0 spiro atoms. The second kappa shape index (κ2) is 13.5. The Kier molecular flexibility index (Phi) is 8.72. The fourth-order valence-corrected chi connectivity index (χ4v) is 6.45. The number of aldehydes is 2. The summed E-state index contributed by atoms with van der Waals surface area (Å²) in [5.74, 6) is 2.38. The number of nitrogens with zero attached hydrogens (tertiary/aromatic N) is 9. The molecule has 242 valence electrons. The van der Waals surface area contributed by atoms with Crippen molar-refractivity contribution in [3.63, 3.8) is 0 Å². The molecule has 0 aliphatic carbocycles. The van der Waals surface area contributed by atoms with E-state index < -0.39 is 0 Å². The van der Waals surface area contributed by atoms with Crippen molar-refractivity contribution in [1.29, 1.82) is 0 Å². The van der Waals surface area contributed by atoms with Gasteiger partial charge in [-0.1, -0.05) is 0 Å². The molecule has 12 nitrogen and oxygen atoms in total. The van der Waals surface area contributed by atoms with Crippen molar-refractivity contribution in [1.82, 2.24) is 15.0 Å². The molecule has 0 bridgehead atoms. The van der Waals surface area contributed by atoms with Crippen LogP contribution in [0.25, 0.3) is 0 Å². The van der Waals surface area contributed by atoms with Gasteiger partial charge in [0.25, 0.3) is 0 Å². The highest BCUT2D eigenvalue weighted by Crippen LogP contribution is 2.26. The standard InChI is InChI=1S/C35H39N9O3/c45-25-27-1-5-29(6-2-27)39-13-19-42(20-14-39)33-36-34(43-21-15-40(16-22-43)30-7-3-28(26-46)4-8-30)38-35(37-33)44-23-17-41(18-24-44)31-9-11-32(47)12-10-31/h1-12,25-26,47H,13-24H2. The lowest BCUT2D eigenvalue weighted by Gasteiger charge is -2.39. The molecule has 1 N–H and O–H groups in total. The summed E-state index contributed by atoms with van der Waals surface area (Å²) in [4.78, 5) is 51.1. The third kappa shape index (κ3) is 6.76. The van der Waals surface area contributed by atoms with Crippen LogP contribution in [0.1, 0.15) is 20.7 Å². The molecule has 3 aliphatic heterocycles. The Balaban J connectivity index is 1.08. The van der Waals surface area contributed by atoms with E-state index in [-0.39, 0.29) is 5.75 Å². The minimum Gasteiger partial charge on any atom is -0.508 e. The van der Waals surface area contributed by atoms with Crippen LogP contribution in [0.2, 0.25) is 0 Å². The van der Waals surface area contributed by atoms with Gasteiger partial charge in [0.05, 0.1) is 0 Å². The Labute approximate surface area is 274 Å². The van der Waals surface area contributed by atoms with Crippen LogP contribution >= 0.6 is 0 Å². The van der Waals surface area contributed by atoms with Gasteiger partial charge in [0.2, 0.25) is 17.8 Å². The molecule has 1 aromatic heterocycles. The Morgan fingerprint density at radius 3 is 0.936 bits per heavy atom. The van der Waals surface area contributed by atoms with Crippen molar-refractivity contribution in [3.8, 4) is 5.75 Å². The number of phenols is 1. The van der Waals surface area contributed by atoms with Crippen LogP contribution in [0.3, 0.4) is 0 Å². The maximum Gasteiger partial charge on any atom is 0.232 e. The van der Waals surface area contributed by atoms with Crippen LogP contribution in [0, 0.1) is 0 Å². The van der Waals surface area contributed by atoms with Crippen LogP contribution < -0.4 is 29.4 Å². The summed E-state index contributed by atoms with van der Waals surface area (Å²) in [6.45, 7) is 9.59. The molecular weight excluding hydrogens is 594 g/mol. The molecule has 3 saturated heterocycles. The van der Waals surface area contributed by atoms with E-state index in [1.807, 2.05) is 60.7 Å². The van der Waals surface area contributed by atoms with Crippen LogP contribution in [0.15, 0.2) is 72.8 Å². The first kappa shape index (κ1) is 30.3. The van der Waals surface area contributed by atoms with Gasteiger partial charge in [0.15, 0.2) is 0 Å². The maximum absolute atomic E-state index is 11.1. The van der Waals surface area contributed by atoms with E-state index >= 15 is 0 Å². The highest BCUT2D eigenvalue weighted by atomic mass is 16.3. The van der Waals surface area contributed by atoms with Gasteiger partial charge in [0.1, 0.15) is 18.3 Å². The Morgan fingerprint density at radius 2 is 0.660 bits per heavy atom. The Morgan fingerprint density at radius 1 is 0.404 bits per heavy atom. The third-order valence-corrected chi connectivity index (χ3v) is 9.29. The monoisotopic (exact) mass is 633 g/mol. The molecule has 0 atom stereocenters. The predicted molar refractivity (Wildman–Crippen MR) is 185 cm³/mol. The molecule has 3 fully saturated rings. The van der Waals surface area contributed by atoms with Gasteiger partial charge in [-0.05, 0) is 72.8 Å². The number of hydrogen-bond donors (Lipinski definition) is 1. The molecule has 3 aromatic carbocycles. The molecule has 12 heteroatoms. The zero-order valence-electron chi connectivity index (χ0n) is 26.4. The molecule has 0 unspecified atom stereocenters. The summed E-state index contributed by atoms with van der Waals surface area (Å²) in [5.41, 5.74) is 4.67. The summed E-state index contributed by atoms with van der Waals surface area (Å²) in [5, 5.41) is 9.71. The second-order valence-electron chi connectivity index (χ2n) is 12.1. The van der Waals surface area contributed by atoms with Crippen molar-refractivity contribution in [2.24, 2.45) is 0 Å². The predicted octanol–water partition coefficient (Wildman–Crippen LogP) is 3.18. The average Bonchev–Trinajstić information content (AvgIpc) is 3.15. The number of rotatable bonds is 8. The number of aromatic nitrogens is 3. The molecule has 7 rings (SSSR count). The van der Waals surface area contributed by atoms with Crippen LogP contribution in [0.5, 0.6) is 5.75 Å². The number of anilines is 6. The smallest absolute Gasteiger partial charge is 0.232 e. The number of piperazine rings is 3. The summed E-state index contributed by atoms with van der Waals surface area (Å²) >= 11 is 0. The first-order valence-corrected chi connectivity index (χ1v) is 16.2. The molecule has 0 radical (unpaired) electrons. The highest BCUT2D eigenvalue weighted by Gasteiger charge is 2.27. The Bertz CT molecular complexity index is 1570.